The molecule has 23 heavy (non-hydrogen) atoms. The van der Waals surface area contributed by atoms with Gasteiger partial charge in [0.25, 0.3) is 0 Å². The lowest BCUT2D eigenvalue weighted by Crippen LogP contribution is -2.35. The third-order valence-corrected chi connectivity index (χ3v) is 3.79. The van der Waals surface area contributed by atoms with Gasteiger partial charge in [0.05, 0.1) is 26.4 Å². The molecule has 0 aromatic heterocycles. The Balaban J connectivity index is 1.67. The molecular formula is C17H27N3O3. The van der Waals surface area contributed by atoms with Crippen LogP contribution in [0.2, 0.25) is 0 Å². The lowest BCUT2D eigenvalue weighted by Gasteiger charge is -2.26. The van der Waals surface area contributed by atoms with Crippen LogP contribution in [-0.2, 0) is 27.4 Å². The Morgan fingerprint density at radius 3 is 2.61 bits per heavy atom. The molecule has 1 aliphatic heterocycles. The number of carbonyl (C=O) groups excluding carboxylic acids is 1. The highest BCUT2D eigenvalue weighted by Crippen LogP contribution is 2.09. The van der Waals surface area contributed by atoms with E-state index in [-0.39, 0.29) is 5.91 Å². The number of nitrogens with zero attached hydrogens (tertiary/aromatic N) is 1. The third kappa shape index (κ3) is 7.09. The standard InChI is InChI=1S/C17H27N3O3/c1-22-9-6-18-13-17(21)19-12-15-2-4-16(5-3-15)14-20-7-10-23-11-8-20/h2-5,18H,6-14H2,1H3,(H,19,21). The second-order valence-electron chi connectivity index (χ2n) is 5.65. The van der Waals surface area contributed by atoms with Crippen LogP contribution in [0.3, 0.4) is 0 Å². The summed E-state index contributed by atoms with van der Waals surface area (Å²) in [6.07, 6.45) is 0. The molecule has 0 bridgehead atoms. The Labute approximate surface area is 138 Å². The molecule has 1 fully saturated rings. The van der Waals surface area contributed by atoms with Gasteiger partial charge in [-0.15, -0.1) is 0 Å². The molecule has 1 saturated heterocycles. The van der Waals surface area contributed by atoms with Crippen molar-refractivity contribution in [2.24, 2.45) is 0 Å². The zero-order chi connectivity index (χ0) is 16.3. The number of rotatable bonds is 9. The van der Waals surface area contributed by atoms with E-state index in [0.717, 1.165) is 38.4 Å². The second kappa shape index (κ2) is 10.3. The van der Waals surface area contributed by atoms with Crippen LogP contribution < -0.4 is 10.6 Å². The summed E-state index contributed by atoms with van der Waals surface area (Å²) >= 11 is 0. The minimum Gasteiger partial charge on any atom is -0.383 e. The van der Waals surface area contributed by atoms with Crippen LogP contribution in [0.1, 0.15) is 11.1 Å². The number of ether oxygens (including phenoxy) is 2. The Morgan fingerprint density at radius 1 is 1.22 bits per heavy atom. The van der Waals surface area contributed by atoms with Crippen molar-refractivity contribution in [3.63, 3.8) is 0 Å². The predicted molar refractivity (Wildman–Crippen MR) is 89.1 cm³/mol. The summed E-state index contributed by atoms with van der Waals surface area (Å²) in [4.78, 5) is 14.1. The average molecular weight is 321 g/mol. The summed E-state index contributed by atoms with van der Waals surface area (Å²) in [6, 6.07) is 8.42. The average Bonchev–Trinajstić information content (AvgIpc) is 2.59. The van der Waals surface area contributed by atoms with E-state index in [1.54, 1.807) is 7.11 Å². The molecule has 6 nitrogen and oxygen atoms in total. The molecular weight excluding hydrogens is 294 g/mol. The molecule has 1 aromatic rings. The molecule has 0 spiro atoms. The summed E-state index contributed by atoms with van der Waals surface area (Å²) in [5.74, 6) is -0.00139. The van der Waals surface area contributed by atoms with Gasteiger partial charge in [0.2, 0.25) is 5.91 Å². The minimum atomic E-state index is -0.00139. The quantitative estimate of drug-likeness (QED) is 0.644. The Morgan fingerprint density at radius 2 is 1.91 bits per heavy atom. The molecule has 1 amide bonds. The van der Waals surface area contributed by atoms with Gasteiger partial charge < -0.3 is 20.1 Å². The van der Waals surface area contributed by atoms with Crippen molar-refractivity contribution < 1.29 is 14.3 Å². The minimum absolute atomic E-state index is 0.00139. The van der Waals surface area contributed by atoms with Crippen molar-refractivity contribution in [3.05, 3.63) is 35.4 Å². The van der Waals surface area contributed by atoms with Gasteiger partial charge in [0.15, 0.2) is 0 Å². The van der Waals surface area contributed by atoms with Crippen LogP contribution in [0.4, 0.5) is 0 Å². The van der Waals surface area contributed by atoms with Crippen LogP contribution in [0.25, 0.3) is 0 Å². The van der Waals surface area contributed by atoms with Crippen molar-refractivity contribution in [1.29, 1.82) is 0 Å². The van der Waals surface area contributed by atoms with Gasteiger partial charge >= 0.3 is 0 Å². The molecule has 1 aromatic carbocycles. The first-order valence-corrected chi connectivity index (χ1v) is 8.12. The molecule has 2 rings (SSSR count). The highest BCUT2D eigenvalue weighted by Gasteiger charge is 2.10. The van der Waals surface area contributed by atoms with Gasteiger partial charge in [0, 0.05) is 39.8 Å². The molecule has 1 aliphatic rings. The number of hydrogen-bond acceptors (Lipinski definition) is 5. The number of nitrogens with one attached hydrogen (secondary N) is 2. The van der Waals surface area contributed by atoms with Gasteiger partial charge in [0.1, 0.15) is 0 Å². The molecule has 2 N–H and O–H groups in total. The van der Waals surface area contributed by atoms with E-state index in [9.17, 15) is 4.79 Å². The first kappa shape index (κ1) is 17.9. The Kier molecular flexibility index (Phi) is 8.03. The van der Waals surface area contributed by atoms with Crippen molar-refractivity contribution >= 4 is 5.91 Å². The van der Waals surface area contributed by atoms with E-state index < -0.39 is 0 Å². The van der Waals surface area contributed by atoms with Crippen LogP contribution in [0.5, 0.6) is 0 Å². The third-order valence-electron chi connectivity index (χ3n) is 3.79. The zero-order valence-corrected chi connectivity index (χ0v) is 13.8. The maximum atomic E-state index is 11.7. The van der Waals surface area contributed by atoms with Gasteiger partial charge in [-0.25, -0.2) is 0 Å². The van der Waals surface area contributed by atoms with Gasteiger partial charge in [-0.3, -0.25) is 9.69 Å². The van der Waals surface area contributed by atoms with E-state index in [2.05, 4.69) is 39.8 Å². The highest BCUT2D eigenvalue weighted by molar-refractivity contribution is 5.77. The van der Waals surface area contributed by atoms with E-state index in [1.807, 2.05) is 0 Å². The number of methoxy groups -OCH3 is 1. The number of benzene rings is 1. The van der Waals surface area contributed by atoms with Crippen LogP contribution >= 0.6 is 0 Å². The fourth-order valence-electron chi connectivity index (χ4n) is 2.42. The second-order valence-corrected chi connectivity index (χ2v) is 5.65. The maximum absolute atomic E-state index is 11.7. The SMILES string of the molecule is COCCNCC(=O)NCc1ccc(CN2CCOCC2)cc1. The van der Waals surface area contributed by atoms with Crippen molar-refractivity contribution in [1.82, 2.24) is 15.5 Å². The Hall–Kier alpha value is -1.47. The largest absolute Gasteiger partial charge is 0.383 e. The summed E-state index contributed by atoms with van der Waals surface area (Å²) in [7, 11) is 1.64. The molecule has 1 heterocycles. The molecule has 0 aliphatic carbocycles. The van der Waals surface area contributed by atoms with Gasteiger partial charge in [-0.2, -0.15) is 0 Å². The van der Waals surface area contributed by atoms with E-state index >= 15 is 0 Å². The van der Waals surface area contributed by atoms with Crippen molar-refractivity contribution in [2.75, 3.05) is 53.1 Å². The molecule has 6 heteroatoms. The van der Waals surface area contributed by atoms with E-state index in [0.29, 0.717) is 26.2 Å². The predicted octanol–water partition coefficient (Wildman–Crippen LogP) is 0.371. The summed E-state index contributed by atoms with van der Waals surface area (Å²) in [5, 5.41) is 5.93. The summed E-state index contributed by atoms with van der Waals surface area (Å²) in [6.45, 7) is 6.76. The molecule has 0 saturated carbocycles. The first-order valence-electron chi connectivity index (χ1n) is 8.12. The lowest BCUT2D eigenvalue weighted by molar-refractivity contribution is -0.120. The topological polar surface area (TPSA) is 62.8 Å². The number of amides is 1. The monoisotopic (exact) mass is 321 g/mol. The fraction of sp³-hybridized carbons (Fsp3) is 0.588. The smallest absolute Gasteiger partial charge is 0.234 e. The maximum Gasteiger partial charge on any atom is 0.234 e. The number of hydrogen-bond donors (Lipinski definition) is 2. The zero-order valence-electron chi connectivity index (χ0n) is 13.8. The van der Waals surface area contributed by atoms with Crippen LogP contribution in [-0.4, -0.2) is 63.9 Å². The molecule has 0 atom stereocenters. The van der Waals surface area contributed by atoms with Crippen LogP contribution in [0.15, 0.2) is 24.3 Å². The van der Waals surface area contributed by atoms with Gasteiger partial charge in [-0.1, -0.05) is 24.3 Å². The summed E-state index contributed by atoms with van der Waals surface area (Å²) < 4.78 is 10.3. The molecule has 0 unspecified atom stereocenters. The normalized spacial score (nSPS) is 15.5. The van der Waals surface area contributed by atoms with Gasteiger partial charge in [-0.05, 0) is 11.1 Å². The highest BCUT2D eigenvalue weighted by atomic mass is 16.5. The number of carbonyl (C=O) groups is 1. The van der Waals surface area contributed by atoms with E-state index in [1.165, 1.54) is 5.56 Å². The Bertz CT molecular complexity index is 459. The lowest BCUT2D eigenvalue weighted by atomic mass is 10.1. The molecule has 128 valence electrons. The van der Waals surface area contributed by atoms with Crippen molar-refractivity contribution in [3.8, 4) is 0 Å². The van der Waals surface area contributed by atoms with E-state index in [4.69, 9.17) is 9.47 Å². The van der Waals surface area contributed by atoms with Crippen LogP contribution in [0, 0.1) is 0 Å². The first-order chi connectivity index (χ1) is 11.3. The van der Waals surface area contributed by atoms with Crippen molar-refractivity contribution in [2.45, 2.75) is 13.1 Å². The molecule has 0 radical (unpaired) electrons. The summed E-state index contributed by atoms with van der Waals surface area (Å²) in [5.41, 5.74) is 2.41. The number of morpholine rings is 1. The fourth-order valence-corrected chi connectivity index (χ4v) is 2.42.